The van der Waals surface area contributed by atoms with Gasteiger partial charge in [-0.05, 0) is 31.0 Å². The van der Waals surface area contributed by atoms with Crippen LogP contribution in [0.1, 0.15) is 18.4 Å². The molecular weight excluding hydrogens is 342 g/mol. The van der Waals surface area contributed by atoms with E-state index in [0.717, 1.165) is 42.3 Å². The molecule has 1 aliphatic heterocycles. The average molecular weight is 365 g/mol. The van der Waals surface area contributed by atoms with Crippen LogP contribution < -0.4 is 15.0 Å². The van der Waals surface area contributed by atoms with Gasteiger partial charge >= 0.3 is 0 Å². The van der Waals surface area contributed by atoms with Gasteiger partial charge in [-0.15, -0.1) is 10.2 Å². The average Bonchev–Trinajstić information content (AvgIpc) is 3.16. The molecule has 0 radical (unpaired) electrons. The molecule has 7 nitrogen and oxygen atoms in total. The number of methoxy groups -OCH3 is 1. The Kier molecular flexibility index (Phi) is 4.91. The van der Waals surface area contributed by atoms with Crippen molar-refractivity contribution in [2.75, 3.05) is 25.1 Å². The molecule has 0 bridgehead atoms. The maximum atomic E-state index is 12.7. The fourth-order valence-electron chi connectivity index (χ4n) is 3.59. The van der Waals surface area contributed by atoms with E-state index in [1.165, 1.54) is 0 Å². The summed E-state index contributed by atoms with van der Waals surface area (Å²) >= 11 is 0. The molecule has 4 rings (SSSR count). The normalized spacial score (nSPS) is 17.1. The minimum Gasteiger partial charge on any atom is -0.496 e. The van der Waals surface area contributed by atoms with E-state index in [1.807, 2.05) is 53.1 Å². The highest BCUT2D eigenvalue weighted by atomic mass is 16.5. The summed E-state index contributed by atoms with van der Waals surface area (Å²) in [7, 11) is 1.64. The minimum absolute atomic E-state index is 0.0653. The van der Waals surface area contributed by atoms with Crippen molar-refractivity contribution in [3.8, 4) is 5.75 Å². The van der Waals surface area contributed by atoms with Crippen molar-refractivity contribution >= 4 is 17.5 Å². The van der Waals surface area contributed by atoms with E-state index in [1.54, 1.807) is 7.11 Å². The maximum Gasteiger partial charge on any atom is 0.231 e. The van der Waals surface area contributed by atoms with Crippen molar-refractivity contribution in [1.82, 2.24) is 19.9 Å². The van der Waals surface area contributed by atoms with E-state index in [0.29, 0.717) is 13.1 Å². The van der Waals surface area contributed by atoms with Crippen LogP contribution in [0.5, 0.6) is 5.75 Å². The molecule has 1 amide bonds. The van der Waals surface area contributed by atoms with Crippen LogP contribution in [0.25, 0.3) is 5.65 Å². The molecule has 3 heterocycles. The van der Waals surface area contributed by atoms with Crippen molar-refractivity contribution in [3.63, 3.8) is 0 Å². The molecule has 1 aromatic carbocycles. The zero-order valence-electron chi connectivity index (χ0n) is 15.3. The van der Waals surface area contributed by atoms with Crippen LogP contribution in [-0.4, -0.2) is 40.7 Å². The number of carbonyl (C=O) groups excluding carboxylic acids is 1. The summed E-state index contributed by atoms with van der Waals surface area (Å²) in [4.78, 5) is 14.9. The molecule has 0 spiro atoms. The third kappa shape index (κ3) is 3.58. The Morgan fingerprint density at radius 3 is 2.96 bits per heavy atom. The van der Waals surface area contributed by atoms with Gasteiger partial charge in [-0.25, -0.2) is 0 Å². The van der Waals surface area contributed by atoms with Crippen LogP contribution in [0.15, 0.2) is 48.7 Å². The highest BCUT2D eigenvalue weighted by Crippen LogP contribution is 2.23. The first-order chi connectivity index (χ1) is 13.3. The molecule has 0 unspecified atom stereocenters. The molecule has 140 valence electrons. The standard InChI is InChI=1S/C20H23N5O2/c1-27-17-9-3-2-7-15(17)13-21-19(26)16-8-6-11-24(14-16)20-23-22-18-10-4-5-12-25(18)20/h2-5,7,9-10,12,16H,6,8,11,13-14H2,1H3,(H,21,26)/t16-/m0/s1. The first kappa shape index (κ1) is 17.3. The number of carbonyl (C=O) groups is 1. The predicted octanol–water partition coefficient (Wildman–Crippen LogP) is 2.27. The Morgan fingerprint density at radius 1 is 1.22 bits per heavy atom. The molecular formula is C20H23N5O2. The van der Waals surface area contributed by atoms with Crippen LogP contribution in [0.2, 0.25) is 0 Å². The lowest BCUT2D eigenvalue weighted by molar-refractivity contribution is -0.125. The number of aromatic nitrogens is 3. The van der Waals surface area contributed by atoms with Crippen molar-refractivity contribution in [2.45, 2.75) is 19.4 Å². The molecule has 1 fully saturated rings. The lowest BCUT2D eigenvalue weighted by atomic mass is 9.97. The van der Waals surface area contributed by atoms with Gasteiger partial charge in [0.15, 0.2) is 5.65 Å². The van der Waals surface area contributed by atoms with Gasteiger partial charge < -0.3 is 15.0 Å². The Balaban J connectivity index is 1.42. The van der Waals surface area contributed by atoms with Crippen LogP contribution in [0.3, 0.4) is 0 Å². The van der Waals surface area contributed by atoms with Crippen LogP contribution >= 0.6 is 0 Å². The van der Waals surface area contributed by atoms with Crippen LogP contribution in [0.4, 0.5) is 5.95 Å². The van der Waals surface area contributed by atoms with Gasteiger partial charge in [-0.2, -0.15) is 0 Å². The molecule has 7 heteroatoms. The number of para-hydroxylation sites is 1. The number of amides is 1. The van der Waals surface area contributed by atoms with E-state index in [-0.39, 0.29) is 11.8 Å². The van der Waals surface area contributed by atoms with Gasteiger partial charge in [0, 0.05) is 31.4 Å². The smallest absolute Gasteiger partial charge is 0.231 e. The fraction of sp³-hybridized carbons (Fsp3) is 0.350. The maximum absolute atomic E-state index is 12.7. The number of hydrogen-bond acceptors (Lipinski definition) is 5. The third-order valence-corrected chi connectivity index (χ3v) is 5.02. The largest absolute Gasteiger partial charge is 0.496 e. The number of rotatable bonds is 5. The van der Waals surface area contributed by atoms with Gasteiger partial charge in [-0.3, -0.25) is 9.20 Å². The lowest BCUT2D eigenvalue weighted by Gasteiger charge is -2.32. The van der Waals surface area contributed by atoms with Gasteiger partial charge in [0.1, 0.15) is 5.75 Å². The third-order valence-electron chi connectivity index (χ3n) is 5.02. The summed E-state index contributed by atoms with van der Waals surface area (Å²) in [6, 6.07) is 13.6. The Hall–Kier alpha value is -3.09. The number of fused-ring (bicyclic) bond motifs is 1. The van der Waals surface area contributed by atoms with Crippen molar-refractivity contribution in [3.05, 3.63) is 54.2 Å². The fourth-order valence-corrected chi connectivity index (χ4v) is 3.59. The summed E-state index contributed by atoms with van der Waals surface area (Å²) < 4.78 is 7.32. The van der Waals surface area contributed by atoms with E-state index in [2.05, 4.69) is 20.4 Å². The highest BCUT2D eigenvalue weighted by Gasteiger charge is 2.28. The van der Waals surface area contributed by atoms with Gasteiger partial charge in [-0.1, -0.05) is 24.3 Å². The molecule has 3 aromatic rings. The van der Waals surface area contributed by atoms with Gasteiger partial charge in [0.25, 0.3) is 0 Å². The molecule has 2 aromatic heterocycles. The summed E-state index contributed by atoms with van der Waals surface area (Å²) in [5.74, 6) is 1.59. The summed E-state index contributed by atoms with van der Waals surface area (Å²) in [6.45, 7) is 1.99. The second-order valence-electron chi connectivity index (χ2n) is 6.74. The highest BCUT2D eigenvalue weighted by molar-refractivity contribution is 5.79. The van der Waals surface area contributed by atoms with Gasteiger partial charge in [0.05, 0.1) is 13.0 Å². The number of piperidine rings is 1. The van der Waals surface area contributed by atoms with Gasteiger partial charge in [0.2, 0.25) is 11.9 Å². The van der Waals surface area contributed by atoms with E-state index in [9.17, 15) is 4.79 Å². The number of nitrogens with one attached hydrogen (secondary N) is 1. The van der Waals surface area contributed by atoms with Crippen molar-refractivity contribution < 1.29 is 9.53 Å². The van der Waals surface area contributed by atoms with Crippen LogP contribution in [0, 0.1) is 5.92 Å². The first-order valence-electron chi connectivity index (χ1n) is 9.20. The summed E-state index contributed by atoms with van der Waals surface area (Å²) in [5.41, 5.74) is 1.79. The summed E-state index contributed by atoms with van der Waals surface area (Å²) in [6.07, 6.45) is 3.79. The molecule has 0 aliphatic carbocycles. The second kappa shape index (κ2) is 7.65. The lowest BCUT2D eigenvalue weighted by Crippen LogP contribution is -2.43. The number of anilines is 1. The van der Waals surface area contributed by atoms with E-state index < -0.39 is 0 Å². The Morgan fingerprint density at radius 2 is 2.07 bits per heavy atom. The van der Waals surface area contributed by atoms with E-state index >= 15 is 0 Å². The number of pyridine rings is 1. The number of ether oxygens (including phenoxy) is 1. The quantitative estimate of drug-likeness (QED) is 0.751. The number of benzene rings is 1. The van der Waals surface area contributed by atoms with Crippen molar-refractivity contribution in [2.24, 2.45) is 5.92 Å². The Bertz CT molecular complexity index is 939. The minimum atomic E-state index is -0.0653. The van der Waals surface area contributed by atoms with Crippen LogP contribution in [-0.2, 0) is 11.3 Å². The number of hydrogen-bond donors (Lipinski definition) is 1. The predicted molar refractivity (Wildman–Crippen MR) is 103 cm³/mol. The molecule has 1 aliphatic rings. The SMILES string of the molecule is COc1ccccc1CNC(=O)[C@H]1CCCN(c2nnc3ccccn23)C1. The molecule has 1 atom stereocenters. The number of nitrogens with zero attached hydrogens (tertiary/aromatic N) is 4. The first-order valence-corrected chi connectivity index (χ1v) is 9.20. The molecule has 0 saturated carbocycles. The zero-order chi connectivity index (χ0) is 18.6. The monoisotopic (exact) mass is 365 g/mol. The van der Waals surface area contributed by atoms with Crippen molar-refractivity contribution in [1.29, 1.82) is 0 Å². The molecule has 1 N–H and O–H groups in total. The molecule has 1 saturated heterocycles. The Labute approximate surface area is 158 Å². The van der Waals surface area contributed by atoms with E-state index in [4.69, 9.17) is 4.74 Å². The summed E-state index contributed by atoms with van der Waals surface area (Å²) in [5, 5.41) is 11.6. The molecule has 27 heavy (non-hydrogen) atoms. The zero-order valence-corrected chi connectivity index (χ0v) is 15.3. The second-order valence-corrected chi connectivity index (χ2v) is 6.74. The topological polar surface area (TPSA) is 71.8 Å².